The summed E-state index contributed by atoms with van der Waals surface area (Å²) < 4.78 is 7.42. The smallest absolute Gasteiger partial charge is 0.259 e. The number of benzene rings is 2. The molecule has 4 heteroatoms. The molecule has 1 fully saturated rings. The Bertz CT molecular complexity index is 1230. The lowest BCUT2D eigenvalue weighted by atomic mass is 9.99. The molecule has 0 atom stereocenters. The van der Waals surface area contributed by atoms with Crippen LogP contribution in [-0.2, 0) is 0 Å². The van der Waals surface area contributed by atoms with E-state index in [1.54, 1.807) is 0 Å². The molecule has 2 aromatic heterocycles. The summed E-state index contributed by atoms with van der Waals surface area (Å²) in [5.74, 6) is 0.814. The van der Waals surface area contributed by atoms with Gasteiger partial charge in [-0.1, -0.05) is 54.4 Å². The number of hydrogen-bond acceptors (Lipinski definition) is 3. The van der Waals surface area contributed by atoms with Crippen molar-refractivity contribution < 1.29 is 4.52 Å². The van der Waals surface area contributed by atoms with Crippen LogP contribution in [0.3, 0.4) is 0 Å². The molecular formula is C25H24N2O2. The van der Waals surface area contributed by atoms with E-state index in [1.807, 2.05) is 54.8 Å². The molecule has 0 unspecified atom stereocenters. The zero-order valence-electron chi connectivity index (χ0n) is 16.8. The third kappa shape index (κ3) is 3.00. The molecule has 29 heavy (non-hydrogen) atoms. The van der Waals surface area contributed by atoms with E-state index in [9.17, 15) is 4.79 Å². The maximum atomic E-state index is 13.5. The first-order valence-electron chi connectivity index (χ1n) is 10.3. The minimum Gasteiger partial charge on any atom is -0.361 e. The number of hydrogen-bond donors (Lipinski definition) is 0. The molecule has 146 valence electrons. The van der Waals surface area contributed by atoms with Crippen LogP contribution in [0.25, 0.3) is 33.2 Å². The van der Waals surface area contributed by atoms with Crippen LogP contribution in [0.1, 0.15) is 43.2 Å². The highest BCUT2D eigenvalue weighted by Crippen LogP contribution is 2.35. The highest BCUT2D eigenvalue weighted by atomic mass is 16.5. The van der Waals surface area contributed by atoms with Crippen molar-refractivity contribution in [3.63, 3.8) is 0 Å². The van der Waals surface area contributed by atoms with Crippen molar-refractivity contribution in [2.24, 2.45) is 0 Å². The molecule has 4 aromatic rings. The van der Waals surface area contributed by atoms with Gasteiger partial charge in [0.05, 0.1) is 11.2 Å². The molecule has 2 aromatic carbocycles. The Kier molecular flexibility index (Phi) is 4.35. The van der Waals surface area contributed by atoms with Crippen molar-refractivity contribution in [2.45, 2.75) is 45.6 Å². The van der Waals surface area contributed by atoms with Crippen LogP contribution in [0.4, 0.5) is 0 Å². The molecule has 2 heterocycles. The molecule has 0 radical (unpaired) electrons. The second kappa shape index (κ2) is 7.03. The zero-order valence-corrected chi connectivity index (χ0v) is 16.8. The van der Waals surface area contributed by atoms with Gasteiger partial charge in [-0.2, -0.15) is 0 Å². The number of fused-ring (bicyclic) bond motifs is 1. The first-order valence-corrected chi connectivity index (χ1v) is 10.3. The minimum absolute atomic E-state index is 0.112. The van der Waals surface area contributed by atoms with Crippen LogP contribution in [0, 0.1) is 13.8 Å². The summed E-state index contributed by atoms with van der Waals surface area (Å²) in [4.78, 5) is 13.5. The second-order valence-corrected chi connectivity index (χ2v) is 8.01. The molecule has 0 amide bonds. The third-order valence-electron chi connectivity index (χ3n) is 6.13. The lowest BCUT2D eigenvalue weighted by molar-refractivity contribution is 0.393. The third-order valence-corrected chi connectivity index (χ3v) is 6.13. The fraction of sp³-hybridized carbons (Fsp3) is 0.280. The molecule has 0 spiro atoms. The first kappa shape index (κ1) is 17.9. The fourth-order valence-corrected chi connectivity index (χ4v) is 4.75. The highest BCUT2D eigenvalue weighted by molar-refractivity contribution is 5.89. The lowest BCUT2D eigenvalue weighted by Gasteiger charge is -2.19. The summed E-state index contributed by atoms with van der Waals surface area (Å²) in [5.41, 5.74) is 5.85. The van der Waals surface area contributed by atoms with Crippen molar-refractivity contribution >= 4 is 10.9 Å². The van der Waals surface area contributed by atoms with Crippen molar-refractivity contribution in [2.75, 3.05) is 0 Å². The molecule has 1 aliphatic rings. The van der Waals surface area contributed by atoms with Gasteiger partial charge in [0.25, 0.3) is 5.56 Å². The number of aromatic nitrogens is 2. The Morgan fingerprint density at radius 1 is 0.966 bits per heavy atom. The monoisotopic (exact) mass is 384 g/mol. The van der Waals surface area contributed by atoms with Crippen LogP contribution in [0.5, 0.6) is 0 Å². The summed E-state index contributed by atoms with van der Waals surface area (Å²) in [5, 5.41) is 5.18. The maximum absolute atomic E-state index is 13.5. The van der Waals surface area contributed by atoms with Gasteiger partial charge in [-0.05, 0) is 61.4 Å². The standard InChI is InChI=1S/C25H24N2O2/c1-16-24(17(2)29-26-16)19-12-13-23-20(14-19)15-22(18-8-4-3-5-9-18)25(28)27(23)21-10-6-7-11-21/h3-5,8-9,12-15,21H,6-7,10-11H2,1-2H3. The van der Waals surface area contributed by atoms with E-state index in [-0.39, 0.29) is 11.6 Å². The normalized spacial score (nSPS) is 14.7. The Labute approximate surface area is 169 Å². The van der Waals surface area contributed by atoms with E-state index in [0.29, 0.717) is 0 Å². The van der Waals surface area contributed by atoms with Crippen molar-refractivity contribution in [3.05, 3.63) is 76.4 Å². The topological polar surface area (TPSA) is 48.0 Å². The van der Waals surface area contributed by atoms with Gasteiger partial charge >= 0.3 is 0 Å². The number of pyridine rings is 1. The number of rotatable bonds is 3. The SMILES string of the molecule is Cc1noc(C)c1-c1ccc2c(c1)cc(-c1ccccc1)c(=O)n2C1CCCC1. The minimum atomic E-state index is 0.112. The number of nitrogens with zero attached hydrogens (tertiary/aromatic N) is 2. The maximum Gasteiger partial charge on any atom is 0.259 e. The Hall–Kier alpha value is -3.14. The first-order chi connectivity index (χ1) is 14.1. The molecule has 0 aliphatic heterocycles. The lowest BCUT2D eigenvalue weighted by Crippen LogP contribution is -2.25. The zero-order chi connectivity index (χ0) is 20.0. The van der Waals surface area contributed by atoms with Crippen LogP contribution in [0.2, 0.25) is 0 Å². The van der Waals surface area contributed by atoms with E-state index >= 15 is 0 Å². The molecule has 1 saturated carbocycles. The summed E-state index contributed by atoms with van der Waals surface area (Å²) in [6.07, 6.45) is 4.51. The van der Waals surface area contributed by atoms with Crippen LogP contribution in [-0.4, -0.2) is 9.72 Å². The van der Waals surface area contributed by atoms with E-state index in [4.69, 9.17) is 4.52 Å². The van der Waals surface area contributed by atoms with Gasteiger partial charge in [0.1, 0.15) is 5.76 Å². The van der Waals surface area contributed by atoms with E-state index in [0.717, 1.165) is 57.5 Å². The van der Waals surface area contributed by atoms with Gasteiger partial charge < -0.3 is 9.09 Å². The van der Waals surface area contributed by atoms with Gasteiger partial charge in [-0.25, -0.2) is 0 Å². The molecule has 1 aliphatic carbocycles. The molecular weight excluding hydrogens is 360 g/mol. The van der Waals surface area contributed by atoms with Gasteiger partial charge in [-0.3, -0.25) is 4.79 Å². The van der Waals surface area contributed by atoms with Gasteiger partial charge in [0.2, 0.25) is 0 Å². The molecule has 4 nitrogen and oxygen atoms in total. The van der Waals surface area contributed by atoms with Crippen molar-refractivity contribution in [1.82, 2.24) is 9.72 Å². The second-order valence-electron chi connectivity index (χ2n) is 8.01. The van der Waals surface area contributed by atoms with Crippen LogP contribution < -0.4 is 5.56 Å². The summed E-state index contributed by atoms with van der Waals surface area (Å²) >= 11 is 0. The van der Waals surface area contributed by atoms with Crippen molar-refractivity contribution in [3.8, 4) is 22.3 Å². The van der Waals surface area contributed by atoms with Crippen molar-refractivity contribution in [1.29, 1.82) is 0 Å². The van der Waals surface area contributed by atoms with Gasteiger partial charge in [0, 0.05) is 17.2 Å². The Morgan fingerprint density at radius 3 is 2.41 bits per heavy atom. The predicted octanol–water partition coefficient (Wildman–Crippen LogP) is 6.06. The van der Waals surface area contributed by atoms with Gasteiger partial charge in [0.15, 0.2) is 0 Å². The molecule has 0 saturated heterocycles. The van der Waals surface area contributed by atoms with E-state index < -0.39 is 0 Å². The van der Waals surface area contributed by atoms with Crippen LogP contribution in [0.15, 0.2) is 63.9 Å². The van der Waals surface area contributed by atoms with Gasteiger partial charge in [-0.15, -0.1) is 0 Å². The Balaban J connectivity index is 1.79. The largest absolute Gasteiger partial charge is 0.361 e. The molecule has 0 bridgehead atoms. The van der Waals surface area contributed by atoms with E-state index in [2.05, 4.69) is 23.4 Å². The average Bonchev–Trinajstić information content (AvgIpc) is 3.38. The summed E-state index contributed by atoms with van der Waals surface area (Å²) in [6.45, 7) is 3.90. The van der Waals surface area contributed by atoms with E-state index in [1.165, 1.54) is 12.8 Å². The molecule has 0 N–H and O–H groups in total. The Morgan fingerprint density at radius 2 is 1.72 bits per heavy atom. The summed E-state index contributed by atoms with van der Waals surface area (Å²) in [6, 6.07) is 18.6. The summed E-state index contributed by atoms with van der Waals surface area (Å²) in [7, 11) is 0. The molecule has 5 rings (SSSR count). The predicted molar refractivity (Wildman–Crippen MR) is 116 cm³/mol. The average molecular weight is 384 g/mol. The van der Waals surface area contributed by atoms with Crippen LogP contribution >= 0.6 is 0 Å². The quantitative estimate of drug-likeness (QED) is 0.432. The fourth-order valence-electron chi connectivity index (χ4n) is 4.75. The number of aryl methyl sites for hydroxylation is 2. The highest BCUT2D eigenvalue weighted by Gasteiger charge is 2.22.